The number of piperidine rings is 1. The zero-order chi connectivity index (χ0) is 25.3. The van der Waals surface area contributed by atoms with Gasteiger partial charge in [0.15, 0.2) is 11.5 Å². The summed E-state index contributed by atoms with van der Waals surface area (Å²) in [7, 11) is 0. The topological polar surface area (TPSA) is 103 Å². The van der Waals surface area contributed by atoms with E-state index < -0.39 is 0 Å². The van der Waals surface area contributed by atoms with Gasteiger partial charge in [0.25, 0.3) is 12.4 Å². The quantitative estimate of drug-likeness (QED) is 0.426. The highest BCUT2D eigenvalue weighted by molar-refractivity contribution is 5.93. The van der Waals surface area contributed by atoms with Gasteiger partial charge in [-0.1, -0.05) is 24.3 Å². The third-order valence-corrected chi connectivity index (χ3v) is 5.89. The lowest BCUT2D eigenvalue weighted by Gasteiger charge is -2.33. The number of amides is 1. The standard InChI is InChI=1S/C27H30N4O5/c1-3-34-24-11-4-5-12-25(24)36-23-10-7-13-31(17-23)27-28-15-21(16-29-27)26(33)30-19(2)20-8-6-9-22(14-20)35-18-32/h4-6,8-9,11-12,14-16,18-19,23H,3,7,10,13,17H2,1-2H3,(H,30,33)/t19-,23-/m1/s1. The van der Waals surface area contributed by atoms with Gasteiger partial charge < -0.3 is 24.4 Å². The third-order valence-electron chi connectivity index (χ3n) is 5.89. The van der Waals surface area contributed by atoms with Gasteiger partial charge in [0.1, 0.15) is 11.9 Å². The summed E-state index contributed by atoms with van der Waals surface area (Å²) in [6.07, 6.45) is 4.91. The van der Waals surface area contributed by atoms with Gasteiger partial charge in [-0.25, -0.2) is 9.97 Å². The molecule has 2 heterocycles. The van der Waals surface area contributed by atoms with Crippen molar-refractivity contribution >= 4 is 18.3 Å². The number of rotatable bonds is 10. The Morgan fingerprint density at radius 3 is 2.69 bits per heavy atom. The number of anilines is 1. The molecule has 188 valence electrons. The first-order chi connectivity index (χ1) is 17.6. The fourth-order valence-corrected chi connectivity index (χ4v) is 4.10. The van der Waals surface area contributed by atoms with Gasteiger partial charge in [0.05, 0.1) is 24.8 Å². The van der Waals surface area contributed by atoms with E-state index in [2.05, 4.69) is 20.2 Å². The van der Waals surface area contributed by atoms with Crippen LogP contribution in [0.3, 0.4) is 0 Å². The Bertz CT molecular complexity index is 1170. The van der Waals surface area contributed by atoms with Crippen LogP contribution >= 0.6 is 0 Å². The largest absolute Gasteiger partial charge is 0.490 e. The van der Waals surface area contributed by atoms with Gasteiger partial charge in [-0.15, -0.1) is 0 Å². The van der Waals surface area contributed by atoms with Crippen LogP contribution in [0.25, 0.3) is 0 Å². The molecule has 3 aromatic rings. The van der Waals surface area contributed by atoms with Crippen molar-refractivity contribution < 1.29 is 23.8 Å². The number of nitrogens with one attached hydrogen (secondary N) is 1. The molecule has 0 radical (unpaired) electrons. The lowest BCUT2D eigenvalue weighted by atomic mass is 10.1. The van der Waals surface area contributed by atoms with Crippen LogP contribution in [-0.2, 0) is 4.79 Å². The molecule has 1 fully saturated rings. The van der Waals surface area contributed by atoms with E-state index in [0.29, 0.717) is 36.9 Å². The molecule has 0 aliphatic carbocycles. The van der Waals surface area contributed by atoms with Crippen molar-refractivity contribution in [1.29, 1.82) is 0 Å². The zero-order valence-electron chi connectivity index (χ0n) is 20.4. The van der Waals surface area contributed by atoms with Crippen LogP contribution in [0.5, 0.6) is 17.2 Å². The number of carbonyl (C=O) groups is 2. The van der Waals surface area contributed by atoms with Gasteiger partial charge >= 0.3 is 0 Å². The van der Waals surface area contributed by atoms with E-state index in [4.69, 9.17) is 14.2 Å². The van der Waals surface area contributed by atoms with E-state index in [-0.39, 0.29) is 18.1 Å². The van der Waals surface area contributed by atoms with Crippen molar-refractivity contribution in [3.05, 3.63) is 72.1 Å². The van der Waals surface area contributed by atoms with E-state index in [9.17, 15) is 9.59 Å². The summed E-state index contributed by atoms with van der Waals surface area (Å²) in [6, 6.07) is 14.4. The maximum atomic E-state index is 12.7. The first-order valence-corrected chi connectivity index (χ1v) is 12.0. The molecule has 1 amide bonds. The zero-order valence-corrected chi connectivity index (χ0v) is 20.4. The molecule has 4 rings (SSSR count). The number of nitrogens with zero attached hydrogens (tertiary/aromatic N) is 3. The van der Waals surface area contributed by atoms with Crippen LogP contribution in [0.2, 0.25) is 0 Å². The fourth-order valence-electron chi connectivity index (χ4n) is 4.10. The van der Waals surface area contributed by atoms with Crippen LogP contribution in [0.15, 0.2) is 60.9 Å². The van der Waals surface area contributed by atoms with Gasteiger partial charge in [-0.2, -0.15) is 0 Å². The molecule has 1 saturated heterocycles. The van der Waals surface area contributed by atoms with Crippen LogP contribution < -0.4 is 24.4 Å². The Morgan fingerprint density at radius 1 is 1.17 bits per heavy atom. The lowest BCUT2D eigenvalue weighted by molar-refractivity contribution is -0.120. The molecule has 9 heteroatoms. The van der Waals surface area contributed by atoms with Gasteiger partial charge in [-0.3, -0.25) is 9.59 Å². The molecule has 0 unspecified atom stereocenters. The molecule has 0 bridgehead atoms. The monoisotopic (exact) mass is 490 g/mol. The highest BCUT2D eigenvalue weighted by Gasteiger charge is 2.24. The molecular formula is C27H30N4O5. The molecule has 2 aromatic carbocycles. The molecule has 9 nitrogen and oxygen atoms in total. The molecule has 36 heavy (non-hydrogen) atoms. The summed E-state index contributed by atoms with van der Waals surface area (Å²) in [4.78, 5) is 34.3. The molecule has 2 atom stereocenters. The normalized spacial score (nSPS) is 16.1. The molecule has 0 spiro atoms. The van der Waals surface area contributed by atoms with Crippen molar-refractivity contribution in [1.82, 2.24) is 15.3 Å². The number of carbonyl (C=O) groups excluding carboxylic acids is 2. The summed E-state index contributed by atoms with van der Waals surface area (Å²) in [5, 5.41) is 2.92. The minimum Gasteiger partial charge on any atom is -0.490 e. The smallest absolute Gasteiger partial charge is 0.298 e. The van der Waals surface area contributed by atoms with E-state index in [0.717, 1.165) is 36.4 Å². The van der Waals surface area contributed by atoms with Gasteiger partial charge in [-0.05, 0) is 56.5 Å². The second kappa shape index (κ2) is 12.0. The van der Waals surface area contributed by atoms with E-state index in [1.165, 1.54) is 12.4 Å². The molecule has 1 aliphatic rings. The van der Waals surface area contributed by atoms with Crippen molar-refractivity contribution in [2.24, 2.45) is 0 Å². The van der Waals surface area contributed by atoms with E-state index >= 15 is 0 Å². The fraction of sp³-hybridized carbons (Fsp3) is 0.333. The minimum absolute atomic E-state index is 0.0215. The van der Waals surface area contributed by atoms with Crippen molar-refractivity contribution in [2.45, 2.75) is 38.8 Å². The minimum atomic E-state index is -0.299. The first kappa shape index (κ1) is 25.0. The summed E-state index contributed by atoms with van der Waals surface area (Å²) in [5.41, 5.74) is 1.17. The molecule has 1 aliphatic heterocycles. The average molecular weight is 491 g/mol. The molecular weight excluding hydrogens is 460 g/mol. The highest BCUT2D eigenvalue weighted by atomic mass is 16.5. The number of hydrogen-bond donors (Lipinski definition) is 1. The highest BCUT2D eigenvalue weighted by Crippen LogP contribution is 2.29. The predicted molar refractivity (Wildman–Crippen MR) is 135 cm³/mol. The van der Waals surface area contributed by atoms with Crippen LogP contribution in [0.4, 0.5) is 5.95 Å². The van der Waals surface area contributed by atoms with E-state index in [1.54, 1.807) is 18.2 Å². The first-order valence-electron chi connectivity index (χ1n) is 12.0. The number of aromatic nitrogens is 2. The average Bonchev–Trinajstić information content (AvgIpc) is 2.90. The molecule has 1 N–H and O–H groups in total. The Labute approximate surface area is 210 Å². The second-order valence-electron chi connectivity index (χ2n) is 8.46. The van der Waals surface area contributed by atoms with Crippen LogP contribution in [0, 0.1) is 0 Å². The van der Waals surface area contributed by atoms with Crippen molar-refractivity contribution in [2.75, 3.05) is 24.6 Å². The summed E-state index contributed by atoms with van der Waals surface area (Å²) >= 11 is 0. The number of para-hydroxylation sites is 2. The third kappa shape index (κ3) is 6.29. The SMILES string of the molecule is CCOc1ccccc1O[C@@H]1CCCN(c2ncc(C(=O)N[C@H](C)c3cccc(OC=O)c3)cn2)C1. The number of ether oxygens (including phenoxy) is 3. The number of hydrogen-bond acceptors (Lipinski definition) is 8. The predicted octanol–water partition coefficient (Wildman–Crippen LogP) is 3.95. The summed E-state index contributed by atoms with van der Waals surface area (Å²) in [6.45, 7) is 6.20. The van der Waals surface area contributed by atoms with Gasteiger partial charge in [0, 0.05) is 18.9 Å². The Kier molecular flexibility index (Phi) is 8.33. The van der Waals surface area contributed by atoms with Crippen molar-refractivity contribution in [3.63, 3.8) is 0 Å². The Hall–Kier alpha value is -4.14. The Morgan fingerprint density at radius 2 is 1.94 bits per heavy atom. The molecule has 0 saturated carbocycles. The second-order valence-corrected chi connectivity index (χ2v) is 8.46. The summed E-state index contributed by atoms with van der Waals surface area (Å²) < 4.78 is 16.8. The Balaban J connectivity index is 1.36. The molecule has 1 aromatic heterocycles. The van der Waals surface area contributed by atoms with Gasteiger partial charge in [0.2, 0.25) is 5.95 Å². The number of benzene rings is 2. The maximum absolute atomic E-state index is 12.7. The van der Waals surface area contributed by atoms with Crippen LogP contribution in [-0.4, -0.2) is 48.1 Å². The van der Waals surface area contributed by atoms with Crippen LogP contribution in [0.1, 0.15) is 48.7 Å². The maximum Gasteiger partial charge on any atom is 0.298 e. The lowest BCUT2D eigenvalue weighted by Crippen LogP contribution is -2.42. The van der Waals surface area contributed by atoms with E-state index in [1.807, 2.05) is 44.2 Å². The van der Waals surface area contributed by atoms with Crippen molar-refractivity contribution in [3.8, 4) is 17.2 Å². The summed E-state index contributed by atoms with van der Waals surface area (Å²) in [5.74, 6) is 2.16.